The van der Waals surface area contributed by atoms with Crippen molar-refractivity contribution in [2.75, 3.05) is 5.32 Å². The van der Waals surface area contributed by atoms with Crippen LogP contribution in [0.25, 0.3) is 0 Å². The number of halogens is 2. The number of carbonyl (C=O) groups excluding carboxylic acids is 1. The van der Waals surface area contributed by atoms with Gasteiger partial charge in [0.05, 0.1) is 12.1 Å². The first-order valence-corrected chi connectivity index (χ1v) is 6.78. The number of anilines is 1. The minimum atomic E-state index is -0.434. The molecule has 20 heavy (non-hydrogen) atoms. The zero-order valence-electron chi connectivity index (χ0n) is 10.8. The van der Waals surface area contributed by atoms with Gasteiger partial charge in [-0.1, -0.05) is 22.0 Å². The number of benzene rings is 2. The van der Waals surface area contributed by atoms with Crippen LogP contribution in [-0.4, -0.2) is 11.0 Å². The number of hydrogen-bond donors (Lipinski definition) is 2. The Morgan fingerprint density at radius 1 is 1.30 bits per heavy atom. The number of rotatable bonds is 3. The summed E-state index contributed by atoms with van der Waals surface area (Å²) in [5.41, 5.74) is 1.53. The fraction of sp³-hybridized carbons (Fsp3) is 0.133. The Morgan fingerprint density at radius 3 is 2.80 bits per heavy atom. The molecule has 0 saturated carbocycles. The number of hydrogen-bond acceptors (Lipinski definition) is 2. The second-order valence-corrected chi connectivity index (χ2v) is 5.40. The van der Waals surface area contributed by atoms with Crippen LogP contribution in [0.3, 0.4) is 0 Å². The minimum Gasteiger partial charge on any atom is -0.506 e. The van der Waals surface area contributed by atoms with Crippen LogP contribution in [-0.2, 0) is 11.2 Å². The van der Waals surface area contributed by atoms with Crippen LogP contribution in [0.15, 0.2) is 40.9 Å². The molecule has 0 spiro atoms. The summed E-state index contributed by atoms with van der Waals surface area (Å²) >= 11 is 3.24. The summed E-state index contributed by atoms with van der Waals surface area (Å²) < 4.78 is 14.3. The van der Waals surface area contributed by atoms with Gasteiger partial charge in [0.25, 0.3) is 0 Å². The number of nitrogens with one attached hydrogen (secondary N) is 1. The van der Waals surface area contributed by atoms with Crippen molar-refractivity contribution in [3.05, 3.63) is 57.8 Å². The van der Waals surface area contributed by atoms with Crippen LogP contribution < -0.4 is 5.32 Å². The Kier molecular flexibility index (Phi) is 4.39. The predicted molar refractivity (Wildman–Crippen MR) is 79.3 cm³/mol. The van der Waals surface area contributed by atoms with Crippen molar-refractivity contribution in [3.63, 3.8) is 0 Å². The molecule has 104 valence electrons. The Morgan fingerprint density at radius 2 is 2.05 bits per heavy atom. The molecule has 0 atom stereocenters. The van der Waals surface area contributed by atoms with Gasteiger partial charge in [-0.3, -0.25) is 4.79 Å². The second kappa shape index (κ2) is 6.05. The Hall–Kier alpha value is -1.88. The first kappa shape index (κ1) is 14.5. The highest BCUT2D eigenvalue weighted by Gasteiger charge is 2.11. The van der Waals surface area contributed by atoms with Gasteiger partial charge in [-0.15, -0.1) is 0 Å². The molecule has 0 aromatic heterocycles. The third kappa shape index (κ3) is 3.57. The maximum atomic E-state index is 13.6. The summed E-state index contributed by atoms with van der Waals surface area (Å²) in [7, 11) is 0. The van der Waals surface area contributed by atoms with Crippen LogP contribution in [0.5, 0.6) is 5.75 Å². The predicted octanol–water partition coefficient (Wildman–Crippen LogP) is 3.78. The molecule has 2 aromatic carbocycles. The smallest absolute Gasteiger partial charge is 0.229 e. The molecule has 0 heterocycles. The molecule has 0 saturated heterocycles. The van der Waals surface area contributed by atoms with E-state index in [1.807, 2.05) is 6.92 Å². The summed E-state index contributed by atoms with van der Waals surface area (Å²) in [6, 6.07) is 9.33. The first-order valence-electron chi connectivity index (χ1n) is 5.99. The van der Waals surface area contributed by atoms with E-state index in [4.69, 9.17) is 0 Å². The maximum Gasteiger partial charge on any atom is 0.229 e. The fourth-order valence-corrected chi connectivity index (χ4v) is 2.20. The average Bonchev–Trinajstić information content (AvgIpc) is 2.38. The Balaban J connectivity index is 2.13. The topological polar surface area (TPSA) is 49.3 Å². The molecule has 0 bridgehead atoms. The Labute approximate surface area is 124 Å². The number of amides is 1. The lowest BCUT2D eigenvalue weighted by Gasteiger charge is -2.09. The number of phenolic OH excluding ortho intramolecular Hbond substituents is 1. The van der Waals surface area contributed by atoms with E-state index >= 15 is 0 Å². The van der Waals surface area contributed by atoms with Gasteiger partial charge in [0, 0.05) is 4.47 Å². The standard InChI is InChI=1S/C15H13BrFNO2/c1-9-2-5-14(19)13(6-9)18-15(20)8-10-7-11(16)3-4-12(10)17/h2-7,19H,8H2,1H3,(H,18,20). The lowest BCUT2D eigenvalue weighted by atomic mass is 10.1. The molecule has 0 aliphatic rings. The van der Waals surface area contributed by atoms with Gasteiger partial charge in [0.15, 0.2) is 0 Å². The number of phenols is 1. The highest BCUT2D eigenvalue weighted by molar-refractivity contribution is 9.10. The zero-order valence-corrected chi connectivity index (χ0v) is 12.4. The molecule has 0 aliphatic carbocycles. The van der Waals surface area contributed by atoms with Crippen LogP contribution in [0.2, 0.25) is 0 Å². The summed E-state index contributed by atoms with van der Waals surface area (Å²) in [6.45, 7) is 1.85. The third-order valence-corrected chi connectivity index (χ3v) is 3.28. The largest absolute Gasteiger partial charge is 0.506 e. The average molecular weight is 338 g/mol. The van der Waals surface area contributed by atoms with Gasteiger partial charge in [0.2, 0.25) is 5.91 Å². The van der Waals surface area contributed by atoms with Crippen molar-refractivity contribution in [1.82, 2.24) is 0 Å². The number of carbonyl (C=O) groups is 1. The van der Waals surface area contributed by atoms with Gasteiger partial charge in [-0.2, -0.15) is 0 Å². The van der Waals surface area contributed by atoms with Crippen LogP contribution in [0.1, 0.15) is 11.1 Å². The first-order chi connectivity index (χ1) is 9.45. The lowest BCUT2D eigenvalue weighted by molar-refractivity contribution is -0.115. The van der Waals surface area contributed by atoms with Crippen LogP contribution in [0, 0.1) is 12.7 Å². The normalized spacial score (nSPS) is 10.3. The molecule has 0 aliphatic heterocycles. The molecule has 0 radical (unpaired) electrons. The van der Waals surface area contributed by atoms with Crippen LogP contribution in [0.4, 0.5) is 10.1 Å². The van der Waals surface area contributed by atoms with E-state index in [1.165, 1.54) is 12.1 Å². The molecule has 2 rings (SSSR count). The molecule has 5 heteroatoms. The van der Waals surface area contributed by atoms with E-state index in [0.717, 1.165) is 5.56 Å². The maximum absolute atomic E-state index is 13.6. The molecule has 2 N–H and O–H groups in total. The lowest BCUT2D eigenvalue weighted by Crippen LogP contribution is -2.15. The highest BCUT2D eigenvalue weighted by Crippen LogP contribution is 2.24. The summed E-state index contributed by atoms with van der Waals surface area (Å²) in [5, 5.41) is 12.2. The van der Waals surface area contributed by atoms with Crippen molar-refractivity contribution in [2.45, 2.75) is 13.3 Å². The van der Waals surface area contributed by atoms with E-state index in [2.05, 4.69) is 21.2 Å². The van der Waals surface area contributed by atoms with Gasteiger partial charge >= 0.3 is 0 Å². The SMILES string of the molecule is Cc1ccc(O)c(NC(=O)Cc2cc(Br)ccc2F)c1. The molecule has 0 fully saturated rings. The zero-order chi connectivity index (χ0) is 14.7. The van der Waals surface area contributed by atoms with Gasteiger partial charge in [-0.25, -0.2) is 4.39 Å². The van der Waals surface area contributed by atoms with Crippen molar-refractivity contribution in [1.29, 1.82) is 0 Å². The van der Waals surface area contributed by atoms with E-state index in [-0.39, 0.29) is 18.1 Å². The molecular formula is C15H13BrFNO2. The monoisotopic (exact) mass is 337 g/mol. The van der Waals surface area contributed by atoms with Crippen LogP contribution >= 0.6 is 15.9 Å². The number of aromatic hydroxyl groups is 1. The van der Waals surface area contributed by atoms with E-state index in [9.17, 15) is 14.3 Å². The molecule has 0 unspecified atom stereocenters. The number of aryl methyl sites for hydroxylation is 1. The van der Waals surface area contributed by atoms with E-state index in [1.54, 1.807) is 24.3 Å². The quantitative estimate of drug-likeness (QED) is 0.837. The second-order valence-electron chi connectivity index (χ2n) is 4.48. The molecule has 2 aromatic rings. The fourth-order valence-electron chi connectivity index (χ4n) is 1.80. The molecule has 1 amide bonds. The van der Waals surface area contributed by atoms with E-state index in [0.29, 0.717) is 15.7 Å². The van der Waals surface area contributed by atoms with Gasteiger partial charge < -0.3 is 10.4 Å². The Bertz CT molecular complexity index is 603. The molecule has 3 nitrogen and oxygen atoms in total. The minimum absolute atomic E-state index is 0.0151. The van der Waals surface area contributed by atoms with Crippen molar-refractivity contribution >= 4 is 27.5 Å². The van der Waals surface area contributed by atoms with Gasteiger partial charge in [0.1, 0.15) is 11.6 Å². The van der Waals surface area contributed by atoms with Crippen molar-refractivity contribution < 1.29 is 14.3 Å². The van der Waals surface area contributed by atoms with E-state index < -0.39 is 5.82 Å². The summed E-state index contributed by atoms with van der Waals surface area (Å²) in [5.74, 6) is -0.835. The molecular weight excluding hydrogens is 325 g/mol. The van der Waals surface area contributed by atoms with Gasteiger partial charge in [-0.05, 0) is 48.4 Å². The highest BCUT2D eigenvalue weighted by atomic mass is 79.9. The summed E-state index contributed by atoms with van der Waals surface area (Å²) in [6.07, 6.45) is -0.0986. The summed E-state index contributed by atoms with van der Waals surface area (Å²) in [4.78, 5) is 11.9. The van der Waals surface area contributed by atoms with Crippen molar-refractivity contribution in [2.24, 2.45) is 0 Å². The third-order valence-electron chi connectivity index (χ3n) is 2.78. The van der Waals surface area contributed by atoms with Crippen molar-refractivity contribution in [3.8, 4) is 5.75 Å².